The van der Waals surface area contributed by atoms with Crippen molar-refractivity contribution in [2.24, 2.45) is 7.05 Å². The van der Waals surface area contributed by atoms with E-state index in [9.17, 15) is 4.79 Å². The summed E-state index contributed by atoms with van der Waals surface area (Å²) in [7, 11) is 4.10. The number of hydrogen-bond acceptors (Lipinski definition) is 4. The second-order valence-electron chi connectivity index (χ2n) is 8.65. The van der Waals surface area contributed by atoms with Crippen LogP contribution >= 0.6 is 0 Å². The molecule has 0 atom stereocenters. The number of hydrogen-bond donors (Lipinski definition) is 2. The highest BCUT2D eigenvalue weighted by Crippen LogP contribution is 2.27. The molecule has 7 heteroatoms. The Balaban J connectivity index is 1.49. The molecule has 1 aliphatic carbocycles. The summed E-state index contributed by atoms with van der Waals surface area (Å²) in [5.41, 5.74) is 6.03. The van der Waals surface area contributed by atoms with Crippen molar-refractivity contribution in [2.75, 3.05) is 12.4 Å². The van der Waals surface area contributed by atoms with E-state index in [2.05, 4.69) is 38.6 Å². The normalized spacial score (nSPS) is 14.9. The summed E-state index contributed by atoms with van der Waals surface area (Å²) in [6, 6.07) is 10.5. The van der Waals surface area contributed by atoms with Crippen LogP contribution < -0.4 is 5.32 Å². The van der Waals surface area contributed by atoms with Crippen LogP contribution in [0, 0.1) is 13.8 Å². The van der Waals surface area contributed by atoms with E-state index in [0.717, 1.165) is 40.4 Å². The maximum absolute atomic E-state index is 13.0. The number of H-pyrrole nitrogens is 1. The SMILES string of the molecule is Cc1nn(C)c(C)c1-c1cc(C(=O)Nc2ccccc2CN(C)C2CCCCC2)[nH]n1. The molecule has 164 valence electrons. The first-order valence-electron chi connectivity index (χ1n) is 11.1. The third kappa shape index (κ3) is 4.56. The van der Waals surface area contributed by atoms with Crippen molar-refractivity contribution in [3.05, 3.63) is 53.0 Å². The Morgan fingerprint density at radius 1 is 1.23 bits per heavy atom. The van der Waals surface area contributed by atoms with E-state index in [-0.39, 0.29) is 5.91 Å². The summed E-state index contributed by atoms with van der Waals surface area (Å²) < 4.78 is 1.83. The molecule has 1 aromatic carbocycles. The van der Waals surface area contributed by atoms with Gasteiger partial charge in [-0.2, -0.15) is 10.2 Å². The summed E-state index contributed by atoms with van der Waals surface area (Å²) in [6.07, 6.45) is 6.49. The third-order valence-electron chi connectivity index (χ3n) is 6.47. The average molecular weight is 421 g/mol. The Morgan fingerprint density at radius 2 is 1.97 bits per heavy atom. The number of nitrogens with zero attached hydrogens (tertiary/aromatic N) is 4. The molecule has 1 aliphatic rings. The van der Waals surface area contributed by atoms with Gasteiger partial charge in [-0.15, -0.1) is 0 Å². The number of aryl methyl sites for hydroxylation is 2. The van der Waals surface area contributed by atoms with Crippen molar-refractivity contribution in [1.82, 2.24) is 24.9 Å². The first-order valence-corrected chi connectivity index (χ1v) is 11.1. The molecule has 0 saturated heterocycles. The van der Waals surface area contributed by atoms with Gasteiger partial charge in [-0.3, -0.25) is 19.5 Å². The zero-order valence-electron chi connectivity index (χ0n) is 18.9. The van der Waals surface area contributed by atoms with E-state index >= 15 is 0 Å². The molecule has 1 amide bonds. The summed E-state index contributed by atoms with van der Waals surface area (Å²) in [5.74, 6) is -0.189. The number of carbonyl (C=O) groups excluding carboxylic acids is 1. The molecular weight excluding hydrogens is 388 g/mol. The first-order chi connectivity index (χ1) is 14.9. The van der Waals surface area contributed by atoms with Crippen molar-refractivity contribution in [1.29, 1.82) is 0 Å². The molecule has 1 fully saturated rings. The molecule has 0 aliphatic heterocycles. The van der Waals surface area contributed by atoms with Gasteiger partial charge in [0.15, 0.2) is 0 Å². The quantitative estimate of drug-likeness (QED) is 0.618. The van der Waals surface area contributed by atoms with Crippen LogP contribution in [-0.2, 0) is 13.6 Å². The minimum atomic E-state index is -0.189. The number of amides is 1. The van der Waals surface area contributed by atoms with Crippen molar-refractivity contribution in [3.8, 4) is 11.3 Å². The van der Waals surface area contributed by atoms with E-state index in [4.69, 9.17) is 0 Å². The number of carbonyl (C=O) groups is 1. The number of aromatic nitrogens is 4. The summed E-state index contributed by atoms with van der Waals surface area (Å²) in [6.45, 7) is 4.78. The van der Waals surface area contributed by atoms with Crippen LogP contribution in [0.3, 0.4) is 0 Å². The zero-order valence-corrected chi connectivity index (χ0v) is 18.9. The van der Waals surface area contributed by atoms with Gasteiger partial charge in [0, 0.05) is 36.6 Å². The van der Waals surface area contributed by atoms with Crippen LogP contribution in [-0.4, -0.2) is 43.9 Å². The zero-order chi connectivity index (χ0) is 22.0. The largest absolute Gasteiger partial charge is 0.320 e. The fourth-order valence-electron chi connectivity index (χ4n) is 4.60. The van der Waals surface area contributed by atoms with Crippen molar-refractivity contribution in [3.63, 3.8) is 0 Å². The molecule has 31 heavy (non-hydrogen) atoms. The Morgan fingerprint density at radius 3 is 2.68 bits per heavy atom. The Bertz CT molecular complexity index is 1060. The second-order valence-corrected chi connectivity index (χ2v) is 8.65. The van der Waals surface area contributed by atoms with E-state index in [1.807, 2.05) is 43.8 Å². The molecule has 7 nitrogen and oxygen atoms in total. The smallest absolute Gasteiger partial charge is 0.273 e. The highest BCUT2D eigenvalue weighted by Gasteiger charge is 2.20. The standard InChI is InChI=1S/C24H32N6O/c1-16-23(17(2)30(4)28-16)21-14-22(27-26-21)24(31)25-20-13-9-8-10-18(20)15-29(3)19-11-6-5-7-12-19/h8-10,13-14,19H,5-7,11-12,15H2,1-4H3,(H,25,31)(H,26,27). The van der Waals surface area contributed by atoms with Crippen LogP contribution in [0.25, 0.3) is 11.3 Å². The van der Waals surface area contributed by atoms with E-state index in [0.29, 0.717) is 11.7 Å². The van der Waals surface area contributed by atoms with Crippen molar-refractivity contribution >= 4 is 11.6 Å². The van der Waals surface area contributed by atoms with Crippen LogP contribution in [0.5, 0.6) is 0 Å². The molecule has 0 bridgehead atoms. The lowest BCUT2D eigenvalue weighted by atomic mass is 9.94. The summed E-state index contributed by atoms with van der Waals surface area (Å²) >= 11 is 0. The molecule has 0 radical (unpaired) electrons. The number of para-hydroxylation sites is 1. The number of rotatable bonds is 6. The maximum Gasteiger partial charge on any atom is 0.273 e. The molecule has 0 unspecified atom stereocenters. The third-order valence-corrected chi connectivity index (χ3v) is 6.47. The van der Waals surface area contributed by atoms with Crippen LogP contribution in [0.15, 0.2) is 30.3 Å². The van der Waals surface area contributed by atoms with Crippen molar-refractivity contribution in [2.45, 2.75) is 58.5 Å². The maximum atomic E-state index is 13.0. The fraction of sp³-hybridized carbons (Fsp3) is 0.458. The molecule has 1 saturated carbocycles. The fourth-order valence-corrected chi connectivity index (χ4v) is 4.60. The topological polar surface area (TPSA) is 78.8 Å². The van der Waals surface area contributed by atoms with Crippen LogP contribution in [0.4, 0.5) is 5.69 Å². The lowest BCUT2D eigenvalue weighted by Gasteiger charge is -2.31. The number of nitrogens with one attached hydrogen (secondary N) is 2. The Kier molecular flexibility index (Phi) is 6.23. The van der Waals surface area contributed by atoms with Crippen LogP contribution in [0.1, 0.15) is 59.5 Å². The number of aromatic amines is 1. The average Bonchev–Trinajstić information content (AvgIpc) is 3.34. The highest BCUT2D eigenvalue weighted by molar-refractivity contribution is 6.03. The predicted molar refractivity (Wildman–Crippen MR) is 123 cm³/mol. The summed E-state index contributed by atoms with van der Waals surface area (Å²) in [4.78, 5) is 15.4. The van der Waals surface area contributed by atoms with E-state index in [1.54, 1.807) is 6.07 Å². The number of anilines is 1. The predicted octanol–water partition coefficient (Wildman–Crippen LogP) is 4.44. The second kappa shape index (κ2) is 9.06. The molecule has 3 aromatic rings. The van der Waals surface area contributed by atoms with Gasteiger partial charge in [0.25, 0.3) is 5.91 Å². The number of benzene rings is 1. The lowest BCUT2D eigenvalue weighted by Crippen LogP contribution is -2.33. The molecule has 4 rings (SSSR count). The van der Waals surface area contributed by atoms with Gasteiger partial charge in [-0.1, -0.05) is 37.5 Å². The molecule has 2 N–H and O–H groups in total. The molecular formula is C24H32N6O. The highest BCUT2D eigenvalue weighted by atomic mass is 16.1. The Labute approximate surface area is 183 Å². The molecule has 2 heterocycles. The van der Waals surface area contributed by atoms with Gasteiger partial charge in [-0.25, -0.2) is 0 Å². The minimum Gasteiger partial charge on any atom is -0.320 e. The van der Waals surface area contributed by atoms with Gasteiger partial charge >= 0.3 is 0 Å². The van der Waals surface area contributed by atoms with E-state index < -0.39 is 0 Å². The molecule has 0 spiro atoms. The first kappa shape index (κ1) is 21.3. The van der Waals surface area contributed by atoms with Crippen LogP contribution in [0.2, 0.25) is 0 Å². The van der Waals surface area contributed by atoms with Gasteiger partial charge in [-0.05, 0) is 51.4 Å². The van der Waals surface area contributed by atoms with E-state index in [1.165, 1.54) is 32.1 Å². The summed E-state index contributed by atoms with van der Waals surface area (Å²) in [5, 5.41) is 14.8. The van der Waals surface area contributed by atoms with Crippen molar-refractivity contribution < 1.29 is 4.79 Å². The van der Waals surface area contributed by atoms with Gasteiger partial charge in [0.05, 0.1) is 11.4 Å². The Hall–Kier alpha value is -2.93. The minimum absolute atomic E-state index is 0.189. The lowest BCUT2D eigenvalue weighted by molar-refractivity contribution is 0.102. The van der Waals surface area contributed by atoms with Gasteiger partial charge in [0.2, 0.25) is 0 Å². The monoisotopic (exact) mass is 420 g/mol. The molecule has 2 aromatic heterocycles. The van der Waals surface area contributed by atoms with Gasteiger partial charge in [0.1, 0.15) is 5.69 Å². The van der Waals surface area contributed by atoms with Gasteiger partial charge < -0.3 is 5.32 Å².